The van der Waals surface area contributed by atoms with Gasteiger partial charge in [-0.1, -0.05) is 34.1 Å². The summed E-state index contributed by atoms with van der Waals surface area (Å²) in [4.78, 5) is 55.0. The van der Waals surface area contributed by atoms with Crippen molar-refractivity contribution in [2.45, 2.75) is 58.7 Å². The Kier molecular flexibility index (Phi) is 9.96. The van der Waals surface area contributed by atoms with Gasteiger partial charge in [-0.25, -0.2) is 9.78 Å². The number of nitrogens with two attached hydrogens (primary N) is 1. The number of hydrogen-bond acceptors (Lipinski definition) is 6. The zero-order valence-corrected chi connectivity index (χ0v) is 17.8. The van der Waals surface area contributed by atoms with Crippen LogP contribution in [0.5, 0.6) is 0 Å². The minimum absolute atomic E-state index is 0.209. The summed E-state index contributed by atoms with van der Waals surface area (Å²) in [5.74, 6) is -3.35. The van der Waals surface area contributed by atoms with Crippen molar-refractivity contribution in [2.75, 3.05) is 6.54 Å². The maximum atomic E-state index is 12.6. The third-order valence-corrected chi connectivity index (χ3v) is 4.80. The highest BCUT2D eigenvalue weighted by molar-refractivity contribution is 5.92. The first-order chi connectivity index (χ1) is 14.1. The van der Waals surface area contributed by atoms with Crippen LogP contribution in [-0.2, 0) is 25.6 Å². The summed E-state index contributed by atoms with van der Waals surface area (Å²) in [5, 5.41) is 16.6. The van der Waals surface area contributed by atoms with Crippen LogP contribution in [0.25, 0.3) is 0 Å². The highest BCUT2D eigenvalue weighted by Gasteiger charge is 2.29. The number of carboxylic acids is 1. The predicted octanol–water partition coefficient (Wildman–Crippen LogP) is -0.848. The Hall–Kier alpha value is -2.95. The van der Waals surface area contributed by atoms with E-state index >= 15 is 0 Å². The predicted molar refractivity (Wildman–Crippen MR) is 109 cm³/mol. The van der Waals surface area contributed by atoms with Crippen LogP contribution in [0.15, 0.2) is 12.5 Å². The third-order valence-electron chi connectivity index (χ3n) is 4.80. The van der Waals surface area contributed by atoms with Crippen LogP contribution in [0.4, 0.5) is 0 Å². The van der Waals surface area contributed by atoms with Gasteiger partial charge >= 0.3 is 5.97 Å². The quantitative estimate of drug-likeness (QED) is 0.253. The van der Waals surface area contributed by atoms with Crippen LogP contribution in [0.1, 0.15) is 39.8 Å². The number of amides is 3. The number of imidazole rings is 1. The molecule has 1 rings (SSSR count). The topological polar surface area (TPSA) is 179 Å². The minimum atomic E-state index is -1.15. The molecule has 0 spiro atoms. The molecule has 168 valence electrons. The summed E-state index contributed by atoms with van der Waals surface area (Å²) in [7, 11) is 0. The molecule has 0 aliphatic heterocycles. The number of rotatable bonds is 12. The number of carbonyl (C=O) groups is 4. The van der Waals surface area contributed by atoms with Crippen molar-refractivity contribution in [3.05, 3.63) is 18.2 Å². The molecule has 0 bridgehead atoms. The molecule has 11 nitrogen and oxygen atoms in total. The zero-order valence-electron chi connectivity index (χ0n) is 17.8. The number of aliphatic carboxylic acids is 1. The van der Waals surface area contributed by atoms with Crippen LogP contribution in [-0.4, -0.2) is 63.4 Å². The first-order valence-corrected chi connectivity index (χ1v) is 9.89. The highest BCUT2D eigenvalue weighted by atomic mass is 16.4. The molecule has 4 atom stereocenters. The van der Waals surface area contributed by atoms with Crippen molar-refractivity contribution in [2.24, 2.45) is 17.6 Å². The summed E-state index contributed by atoms with van der Waals surface area (Å²) >= 11 is 0. The second kappa shape index (κ2) is 11.9. The Bertz CT molecular complexity index is 721. The van der Waals surface area contributed by atoms with Crippen LogP contribution in [0.2, 0.25) is 0 Å². The molecular formula is C19H32N6O5. The molecule has 0 saturated heterocycles. The number of nitrogens with zero attached hydrogens (tertiary/aromatic N) is 1. The molecule has 0 saturated carbocycles. The Morgan fingerprint density at radius 2 is 1.80 bits per heavy atom. The van der Waals surface area contributed by atoms with Crippen LogP contribution >= 0.6 is 0 Å². The highest BCUT2D eigenvalue weighted by Crippen LogP contribution is 2.09. The smallest absolute Gasteiger partial charge is 0.326 e. The summed E-state index contributed by atoms with van der Waals surface area (Å²) in [6.45, 7) is 6.59. The van der Waals surface area contributed by atoms with Gasteiger partial charge in [0.2, 0.25) is 17.7 Å². The van der Waals surface area contributed by atoms with Gasteiger partial charge in [-0.05, 0) is 11.8 Å². The van der Waals surface area contributed by atoms with Crippen LogP contribution < -0.4 is 21.7 Å². The monoisotopic (exact) mass is 424 g/mol. The van der Waals surface area contributed by atoms with Crippen molar-refractivity contribution in [3.8, 4) is 0 Å². The van der Waals surface area contributed by atoms with Gasteiger partial charge in [0.25, 0.3) is 0 Å². The summed E-state index contributed by atoms with van der Waals surface area (Å²) < 4.78 is 0. The Morgan fingerprint density at radius 3 is 2.30 bits per heavy atom. The van der Waals surface area contributed by atoms with Gasteiger partial charge in [0, 0.05) is 18.3 Å². The Balaban J connectivity index is 2.67. The standard InChI is InChI=1S/C19H32N6O5/c1-5-11(4)16(25-17(27)13(20)6-12-7-21-9-23-12)18(28)22-8-14(26)24-15(10(2)3)19(29)30/h7,9-11,13,15-16H,5-6,8,20H2,1-4H3,(H,21,23)(H,22,28)(H,24,26)(H,25,27)(H,29,30). The molecule has 11 heteroatoms. The van der Waals surface area contributed by atoms with Gasteiger partial charge < -0.3 is 31.8 Å². The van der Waals surface area contributed by atoms with E-state index in [0.717, 1.165) is 0 Å². The van der Waals surface area contributed by atoms with Crippen molar-refractivity contribution >= 4 is 23.7 Å². The minimum Gasteiger partial charge on any atom is -0.480 e. The lowest BCUT2D eigenvalue weighted by atomic mass is 9.97. The fourth-order valence-electron chi connectivity index (χ4n) is 2.70. The maximum absolute atomic E-state index is 12.6. The first kappa shape index (κ1) is 25.1. The van der Waals surface area contributed by atoms with E-state index in [1.54, 1.807) is 27.0 Å². The van der Waals surface area contributed by atoms with Gasteiger partial charge in [-0.2, -0.15) is 0 Å². The Labute approximate surface area is 175 Å². The third kappa shape index (κ3) is 7.82. The molecule has 1 heterocycles. The van der Waals surface area contributed by atoms with Crippen LogP contribution in [0, 0.1) is 11.8 Å². The molecule has 3 amide bonds. The summed E-state index contributed by atoms with van der Waals surface area (Å²) in [5.41, 5.74) is 6.61. The van der Waals surface area contributed by atoms with Gasteiger partial charge in [-0.3, -0.25) is 14.4 Å². The van der Waals surface area contributed by atoms with Crippen molar-refractivity contribution in [1.29, 1.82) is 0 Å². The molecule has 7 N–H and O–H groups in total. The lowest BCUT2D eigenvalue weighted by Crippen LogP contribution is -2.56. The molecule has 0 fully saturated rings. The lowest BCUT2D eigenvalue weighted by Gasteiger charge is -2.25. The number of nitrogens with one attached hydrogen (secondary N) is 4. The lowest BCUT2D eigenvalue weighted by molar-refractivity contribution is -0.143. The molecule has 0 radical (unpaired) electrons. The van der Waals surface area contributed by atoms with Crippen molar-refractivity contribution in [3.63, 3.8) is 0 Å². The van der Waals surface area contributed by atoms with E-state index in [9.17, 15) is 19.2 Å². The number of H-pyrrole nitrogens is 1. The van der Waals surface area contributed by atoms with Crippen LogP contribution in [0.3, 0.4) is 0 Å². The van der Waals surface area contributed by atoms with E-state index in [-0.39, 0.29) is 18.3 Å². The summed E-state index contributed by atoms with van der Waals surface area (Å²) in [6, 6.07) is -2.82. The number of carboxylic acid groups (broad SMARTS) is 1. The molecule has 0 aromatic carbocycles. The van der Waals surface area contributed by atoms with Crippen molar-refractivity contribution in [1.82, 2.24) is 25.9 Å². The molecule has 0 aliphatic carbocycles. The van der Waals surface area contributed by atoms with Crippen molar-refractivity contribution < 1.29 is 24.3 Å². The Morgan fingerprint density at radius 1 is 1.13 bits per heavy atom. The normalized spacial score (nSPS) is 15.0. The second-order valence-electron chi connectivity index (χ2n) is 7.60. The molecule has 1 aromatic heterocycles. The maximum Gasteiger partial charge on any atom is 0.326 e. The number of hydrogen-bond donors (Lipinski definition) is 6. The van der Waals surface area contributed by atoms with E-state index in [1.165, 1.54) is 6.33 Å². The largest absolute Gasteiger partial charge is 0.480 e. The average molecular weight is 425 g/mol. The molecule has 1 aromatic rings. The molecule has 4 unspecified atom stereocenters. The number of aromatic nitrogens is 2. The molecule has 0 aliphatic rings. The van der Waals surface area contributed by atoms with E-state index in [4.69, 9.17) is 10.8 Å². The second-order valence-corrected chi connectivity index (χ2v) is 7.60. The number of carbonyl (C=O) groups excluding carboxylic acids is 3. The zero-order chi connectivity index (χ0) is 22.8. The summed E-state index contributed by atoms with van der Waals surface area (Å²) in [6.07, 6.45) is 3.88. The van der Waals surface area contributed by atoms with Gasteiger partial charge in [0.1, 0.15) is 12.1 Å². The van der Waals surface area contributed by atoms with E-state index in [0.29, 0.717) is 12.1 Å². The first-order valence-electron chi connectivity index (χ1n) is 9.89. The fourth-order valence-corrected chi connectivity index (χ4v) is 2.70. The van der Waals surface area contributed by atoms with Gasteiger partial charge in [0.05, 0.1) is 18.9 Å². The average Bonchev–Trinajstić information content (AvgIpc) is 3.19. The van der Waals surface area contributed by atoms with Gasteiger partial charge in [0.15, 0.2) is 0 Å². The van der Waals surface area contributed by atoms with E-state index < -0.39 is 48.4 Å². The van der Waals surface area contributed by atoms with E-state index in [2.05, 4.69) is 25.9 Å². The SMILES string of the molecule is CCC(C)C(NC(=O)C(N)Cc1cnc[nH]1)C(=O)NCC(=O)NC(C(=O)O)C(C)C. The van der Waals surface area contributed by atoms with Gasteiger partial charge in [-0.15, -0.1) is 0 Å². The fraction of sp³-hybridized carbons (Fsp3) is 0.632. The number of aromatic amines is 1. The van der Waals surface area contributed by atoms with E-state index in [1.807, 2.05) is 6.92 Å². The molecular weight excluding hydrogens is 392 g/mol. The molecule has 30 heavy (non-hydrogen) atoms.